The normalized spacial score (nSPS) is 22.0. The van der Waals surface area contributed by atoms with Gasteiger partial charge in [-0.2, -0.15) is 0 Å². The predicted molar refractivity (Wildman–Crippen MR) is 81.7 cm³/mol. The number of hydrogen-bond acceptors (Lipinski definition) is 3. The van der Waals surface area contributed by atoms with Gasteiger partial charge in [-0.3, -0.25) is 0 Å². The van der Waals surface area contributed by atoms with Crippen molar-refractivity contribution in [3.63, 3.8) is 0 Å². The Balaban J connectivity index is 2.27. The Labute approximate surface area is 134 Å². The molecule has 0 unspecified atom stereocenters. The van der Waals surface area contributed by atoms with Gasteiger partial charge in [0, 0.05) is 5.56 Å². The molecule has 1 heterocycles. The van der Waals surface area contributed by atoms with E-state index in [-0.39, 0.29) is 18.1 Å². The van der Waals surface area contributed by atoms with E-state index in [0.717, 1.165) is 23.8 Å². The summed E-state index contributed by atoms with van der Waals surface area (Å²) < 4.78 is 38.4. The molecular formula is C17H21F2NO3. The molecule has 2 N–H and O–H groups in total. The molecule has 1 aliphatic rings. The van der Waals surface area contributed by atoms with Crippen molar-refractivity contribution in [2.24, 2.45) is 11.7 Å². The summed E-state index contributed by atoms with van der Waals surface area (Å²) in [4.78, 5) is 11.0. The second-order valence-electron chi connectivity index (χ2n) is 6.50. The summed E-state index contributed by atoms with van der Waals surface area (Å²) >= 11 is 0. The van der Waals surface area contributed by atoms with Crippen molar-refractivity contribution < 1.29 is 23.0 Å². The fourth-order valence-electron chi connectivity index (χ4n) is 3.08. The van der Waals surface area contributed by atoms with E-state index >= 15 is 0 Å². The van der Waals surface area contributed by atoms with Gasteiger partial charge in [-0.25, -0.2) is 13.6 Å². The van der Waals surface area contributed by atoms with Gasteiger partial charge in [-0.15, -0.1) is 0 Å². The van der Waals surface area contributed by atoms with Crippen LogP contribution < -0.4 is 5.73 Å². The Morgan fingerprint density at radius 2 is 2.17 bits per heavy atom. The first-order valence-corrected chi connectivity index (χ1v) is 7.39. The molecule has 6 heteroatoms. The molecule has 0 radical (unpaired) electrons. The van der Waals surface area contributed by atoms with Crippen LogP contribution in [-0.4, -0.2) is 18.3 Å². The molecule has 1 aromatic rings. The van der Waals surface area contributed by atoms with Crippen LogP contribution in [0.15, 0.2) is 30.4 Å². The van der Waals surface area contributed by atoms with Crippen LogP contribution in [0.5, 0.6) is 0 Å². The molecule has 0 aliphatic carbocycles. The van der Waals surface area contributed by atoms with Crippen molar-refractivity contribution in [1.82, 2.24) is 0 Å². The van der Waals surface area contributed by atoms with Crippen molar-refractivity contribution in [2.45, 2.75) is 38.4 Å². The van der Waals surface area contributed by atoms with Gasteiger partial charge in [-0.05, 0) is 50.8 Å². The lowest BCUT2D eigenvalue weighted by molar-refractivity contribution is -0.0436. The van der Waals surface area contributed by atoms with Gasteiger partial charge >= 0.3 is 6.09 Å². The summed E-state index contributed by atoms with van der Waals surface area (Å²) in [6.07, 6.45) is -0.548. The first-order valence-electron chi connectivity index (χ1n) is 7.39. The summed E-state index contributed by atoms with van der Waals surface area (Å²) in [5.74, 6) is -1.26. The number of carbonyl (C=O) groups is 1. The molecule has 1 aliphatic heterocycles. The maximum absolute atomic E-state index is 14.1. The van der Waals surface area contributed by atoms with Crippen molar-refractivity contribution >= 4 is 6.09 Å². The van der Waals surface area contributed by atoms with Crippen LogP contribution in [0.4, 0.5) is 13.6 Å². The zero-order valence-electron chi connectivity index (χ0n) is 13.3. The first-order chi connectivity index (χ1) is 10.7. The molecule has 1 saturated heterocycles. The van der Waals surface area contributed by atoms with E-state index in [9.17, 15) is 13.6 Å². The average molecular weight is 325 g/mol. The van der Waals surface area contributed by atoms with Gasteiger partial charge in [0.25, 0.3) is 0 Å². The lowest BCUT2D eigenvalue weighted by Crippen LogP contribution is -2.36. The Bertz CT molecular complexity index is 616. The summed E-state index contributed by atoms with van der Waals surface area (Å²) in [5, 5.41) is 0. The average Bonchev–Trinajstić information content (AvgIpc) is 2.40. The van der Waals surface area contributed by atoms with Gasteiger partial charge in [-0.1, -0.05) is 12.2 Å². The van der Waals surface area contributed by atoms with Crippen LogP contribution in [0.25, 0.3) is 0 Å². The Hall–Kier alpha value is -1.95. The highest BCUT2D eigenvalue weighted by Gasteiger charge is 2.36. The van der Waals surface area contributed by atoms with Gasteiger partial charge < -0.3 is 15.2 Å². The van der Waals surface area contributed by atoms with E-state index < -0.39 is 29.4 Å². The number of nitrogens with two attached hydrogens (primary N) is 1. The second kappa shape index (κ2) is 6.66. The molecule has 1 amide bonds. The van der Waals surface area contributed by atoms with E-state index in [2.05, 4.69) is 6.58 Å². The molecule has 126 valence electrons. The summed E-state index contributed by atoms with van der Waals surface area (Å²) in [5.41, 5.74) is 5.26. The largest absolute Gasteiger partial charge is 0.444 e. The molecule has 2 rings (SSSR count). The molecule has 4 nitrogen and oxygen atoms in total. The van der Waals surface area contributed by atoms with E-state index in [0.29, 0.717) is 12.8 Å². The number of primary amides is 1. The zero-order chi connectivity index (χ0) is 17.2. The second-order valence-corrected chi connectivity index (χ2v) is 6.50. The van der Waals surface area contributed by atoms with Crippen molar-refractivity contribution in [3.8, 4) is 0 Å². The first kappa shape index (κ1) is 17.4. The standard InChI is InChI=1S/C17H21F2NO3/c1-10-6-11(8-17(2,3)23-16(20)21)15(22-9-10)13-7-12(18)4-5-14(13)19/h4-5,7,11,15H,1,6,8-9H2,2-3H3,(H2,20,21)/t11-,15+/m0/s1. The third-order valence-corrected chi connectivity index (χ3v) is 3.84. The SMILES string of the molecule is C=C1CO[C@@H](c2cc(F)ccc2F)[C@H](CC(C)(C)OC(N)=O)C1. The van der Waals surface area contributed by atoms with E-state index in [1.54, 1.807) is 13.8 Å². The minimum atomic E-state index is -0.876. The molecule has 0 bridgehead atoms. The lowest BCUT2D eigenvalue weighted by Gasteiger charge is -2.37. The Morgan fingerprint density at radius 3 is 2.83 bits per heavy atom. The maximum atomic E-state index is 14.1. The monoisotopic (exact) mass is 325 g/mol. The molecule has 2 atom stereocenters. The van der Waals surface area contributed by atoms with Crippen LogP contribution in [-0.2, 0) is 9.47 Å². The van der Waals surface area contributed by atoms with Gasteiger partial charge in [0.05, 0.1) is 12.7 Å². The third-order valence-electron chi connectivity index (χ3n) is 3.84. The zero-order valence-corrected chi connectivity index (χ0v) is 13.3. The minimum absolute atomic E-state index is 0.164. The van der Waals surface area contributed by atoms with Gasteiger partial charge in [0.1, 0.15) is 17.2 Å². The number of amides is 1. The highest BCUT2D eigenvalue weighted by Crippen LogP contribution is 2.41. The van der Waals surface area contributed by atoms with Gasteiger partial charge in [0.2, 0.25) is 0 Å². The highest BCUT2D eigenvalue weighted by atomic mass is 19.1. The van der Waals surface area contributed by atoms with Crippen LogP contribution in [0.1, 0.15) is 38.4 Å². The van der Waals surface area contributed by atoms with Crippen molar-refractivity contribution in [2.75, 3.05) is 6.61 Å². The smallest absolute Gasteiger partial charge is 0.405 e. The quantitative estimate of drug-likeness (QED) is 0.855. The third kappa shape index (κ3) is 4.51. The van der Waals surface area contributed by atoms with E-state index in [1.165, 1.54) is 0 Å². The molecule has 0 spiro atoms. The summed E-state index contributed by atoms with van der Waals surface area (Å²) in [6, 6.07) is 3.29. The lowest BCUT2D eigenvalue weighted by atomic mass is 9.80. The molecule has 1 fully saturated rings. The van der Waals surface area contributed by atoms with Crippen LogP contribution in [0.3, 0.4) is 0 Å². The maximum Gasteiger partial charge on any atom is 0.405 e. The van der Waals surface area contributed by atoms with E-state index in [1.807, 2.05) is 0 Å². The van der Waals surface area contributed by atoms with Crippen LogP contribution in [0, 0.1) is 17.6 Å². The Kier molecular flexibility index (Phi) is 5.04. The summed E-state index contributed by atoms with van der Waals surface area (Å²) in [6.45, 7) is 7.62. The van der Waals surface area contributed by atoms with E-state index in [4.69, 9.17) is 15.2 Å². The fourth-order valence-corrected chi connectivity index (χ4v) is 3.08. The number of halogens is 2. The number of benzene rings is 1. The van der Waals surface area contributed by atoms with Crippen LogP contribution >= 0.6 is 0 Å². The van der Waals surface area contributed by atoms with Crippen molar-refractivity contribution in [1.29, 1.82) is 0 Å². The molecular weight excluding hydrogens is 304 g/mol. The molecule has 23 heavy (non-hydrogen) atoms. The number of rotatable bonds is 4. The predicted octanol–water partition coefficient (Wildman–Crippen LogP) is 3.86. The van der Waals surface area contributed by atoms with Crippen molar-refractivity contribution in [3.05, 3.63) is 47.5 Å². The number of hydrogen-bond donors (Lipinski definition) is 1. The minimum Gasteiger partial charge on any atom is -0.444 e. The summed E-state index contributed by atoms with van der Waals surface area (Å²) in [7, 11) is 0. The fraction of sp³-hybridized carbons (Fsp3) is 0.471. The topological polar surface area (TPSA) is 61.6 Å². The number of carbonyl (C=O) groups excluding carboxylic acids is 1. The van der Waals surface area contributed by atoms with Crippen LogP contribution in [0.2, 0.25) is 0 Å². The molecule has 1 aromatic carbocycles. The molecule has 0 saturated carbocycles. The Morgan fingerprint density at radius 1 is 1.48 bits per heavy atom. The number of ether oxygens (including phenoxy) is 2. The molecule has 0 aromatic heterocycles. The van der Waals surface area contributed by atoms with Gasteiger partial charge in [0.15, 0.2) is 0 Å². The highest BCUT2D eigenvalue weighted by molar-refractivity contribution is 5.65.